The largest absolute Gasteiger partial charge is 0.363 e. The SMILES string of the molecule is C=C(C1=NNCC1)c1cc(N(C)C)nc(N2CCC3(CC2)Cc2ccccc2[C@H]3N)c1. The first-order chi connectivity index (χ1) is 15.0. The number of aromatic nitrogens is 1. The number of fused-ring (bicyclic) bond motifs is 1. The van der Waals surface area contributed by atoms with Crippen molar-refractivity contribution < 1.29 is 0 Å². The molecule has 1 aliphatic carbocycles. The predicted octanol–water partition coefficient (Wildman–Crippen LogP) is 3.35. The first-order valence-electron chi connectivity index (χ1n) is 11.2. The smallest absolute Gasteiger partial charge is 0.131 e. The molecule has 2 aliphatic heterocycles. The fourth-order valence-corrected chi connectivity index (χ4v) is 5.32. The molecule has 1 fully saturated rings. The molecule has 162 valence electrons. The Kier molecular flexibility index (Phi) is 4.97. The zero-order valence-electron chi connectivity index (χ0n) is 18.6. The average molecular weight is 417 g/mol. The molecular weight excluding hydrogens is 384 g/mol. The van der Waals surface area contributed by atoms with Crippen molar-refractivity contribution in [1.29, 1.82) is 0 Å². The summed E-state index contributed by atoms with van der Waals surface area (Å²) in [4.78, 5) is 9.44. The van der Waals surface area contributed by atoms with E-state index >= 15 is 0 Å². The van der Waals surface area contributed by atoms with Crippen LogP contribution in [-0.4, -0.2) is 44.4 Å². The summed E-state index contributed by atoms with van der Waals surface area (Å²) in [6.07, 6.45) is 4.18. The molecule has 0 unspecified atom stereocenters. The fourth-order valence-electron chi connectivity index (χ4n) is 5.32. The van der Waals surface area contributed by atoms with Gasteiger partial charge in [0.2, 0.25) is 0 Å². The molecule has 0 bridgehead atoms. The van der Waals surface area contributed by atoms with Gasteiger partial charge >= 0.3 is 0 Å². The van der Waals surface area contributed by atoms with Gasteiger partial charge in [0.25, 0.3) is 0 Å². The van der Waals surface area contributed by atoms with Gasteiger partial charge < -0.3 is 21.0 Å². The Morgan fingerprint density at radius 3 is 2.68 bits per heavy atom. The van der Waals surface area contributed by atoms with Crippen molar-refractivity contribution >= 4 is 22.9 Å². The molecule has 3 N–H and O–H groups in total. The highest BCUT2D eigenvalue weighted by Gasteiger charge is 2.45. The Balaban J connectivity index is 1.38. The number of anilines is 2. The van der Waals surface area contributed by atoms with Crippen LogP contribution in [0.3, 0.4) is 0 Å². The monoisotopic (exact) mass is 416 g/mol. The van der Waals surface area contributed by atoms with E-state index in [0.29, 0.717) is 0 Å². The molecule has 1 saturated heterocycles. The second-order valence-corrected chi connectivity index (χ2v) is 9.36. The molecule has 1 aromatic carbocycles. The summed E-state index contributed by atoms with van der Waals surface area (Å²) in [5.74, 6) is 1.97. The highest BCUT2D eigenvalue weighted by molar-refractivity contribution is 6.23. The number of nitrogens with two attached hydrogens (primary N) is 1. The van der Waals surface area contributed by atoms with E-state index in [1.165, 1.54) is 11.1 Å². The van der Waals surface area contributed by atoms with Crippen LogP contribution in [0.1, 0.15) is 42.0 Å². The van der Waals surface area contributed by atoms with Crippen molar-refractivity contribution in [3.05, 3.63) is 59.7 Å². The zero-order valence-corrected chi connectivity index (χ0v) is 18.6. The van der Waals surface area contributed by atoms with Crippen LogP contribution in [0.5, 0.6) is 0 Å². The van der Waals surface area contributed by atoms with Crippen LogP contribution in [-0.2, 0) is 6.42 Å². The molecule has 6 heteroatoms. The second kappa shape index (κ2) is 7.68. The van der Waals surface area contributed by atoms with E-state index in [-0.39, 0.29) is 11.5 Å². The van der Waals surface area contributed by atoms with Crippen LogP contribution >= 0.6 is 0 Å². The Bertz CT molecular complexity index is 1030. The van der Waals surface area contributed by atoms with Gasteiger partial charge in [-0.25, -0.2) is 4.98 Å². The standard InChI is InChI=1S/C25H32N6/c1-17(21-8-11-27-29-21)19-14-22(30(2)3)28-23(15-19)31-12-9-25(10-13-31)16-18-6-4-5-7-20(18)24(25)26/h4-7,14-15,24,27H,1,8-13,16,26H2,2-3H3/t24-/m1/s1. The van der Waals surface area contributed by atoms with Crippen molar-refractivity contribution in [1.82, 2.24) is 10.4 Å². The Labute approximate surface area is 184 Å². The fraction of sp³-hybridized carbons (Fsp3) is 0.440. The van der Waals surface area contributed by atoms with Gasteiger partial charge in [0.1, 0.15) is 11.6 Å². The maximum Gasteiger partial charge on any atom is 0.131 e. The topological polar surface area (TPSA) is 69.8 Å². The van der Waals surface area contributed by atoms with Crippen LogP contribution in [0.25, 0.3) is 5.57 Å². The van der Waals surface area contributed by atoms with Gasteiger partial charge in [0.15, 0.2) is 0 Å². The van der Waals surface area contributed by atoms with Gasteiger partial charge in [-0.1, -0.05) is 30.8 Å². The van der Waals surface area contributed by atoms with E-state index in [2.05, 4.69) is 63.3 Å². The minimum Gasteiger partial charge on any atom is -0.363 e. The number of nitrogens with zero attached hydrogens (tertiary/aromatic N) is 4. The summed E-state index contributed by atoms with van der Waals surface area (Å²) < 4.78 is 0. The van der Waals surface area contributed by atoms with Gasteiger partial charge in [-0.2, -0.15) is 5.10 Å². The molecule has 3 heterocycles. The summed E-state index contributed by atoms with van der Waals surface area (Å²) in [7, 11) is 4.07. The predicted molar refractivity (Wildman–Crippen MR) is 129 cm³/mol. The number of nitrogens with one attached hydrogen (secondary N) is 1. The van der Waals surface area contributed by atoms with E-state index < -0.39 is 0 Å². The van der Waals surface area contributed by atoms with E-state index in [1.807, 2.05) is 14.1 Å². The minimum absolute atomic E-state index is 0.134. The summed E-state index contributed by atoms with van der Waals surface area (Å²) in [5, 5.41) is 4.41. The highest BCUT2D eigenvalue weighted by Crippen LogP contribution is 2.51. The summed E-state index contributed by atoms with van der Waals surface area (Å²) in [6.45, 7) is 7.16. The van der Waals surface area contributed by atoms with Gasteiger partial charge in [-0.3, -0.25) is 0 Å². The summed E-state index contributed by atoms with van der Waals surface area (Å²) in [5.41, 5.74) is 15.9. The molecule has 0 amide bonds. The number of hydrazone groups is 1. The van der Waals surface area contributed by atoms with E-state index in [0.717, 1.165) is 73.8 Å². The quantitative estimate of drug-likeness (QED) is 0.800. The van der Waals surface area contributed by atoms with Crippen molar-refractivity contribution in [2.45, 2.75) is 31.7 Å². The molecule has 1 aromatic heterocycles. The number of hydrogen-bond acceptors (Lipinski definition) is 6. The normalized spacial score (nSPS) is 21.6. The number of piperidine rings is 1. The van der Waals surface area contributed by atoms with E-state index in [1.54, 1.807) is 0 Å². The van der Waals surface area contributed by atoms with Gasteiger partial charge in [-0.15, -0.1) is 0 Å². The molecule has 2 aromatic rings. The molecular formula is C25H32N6. The molecule has 0 radical (unpaired) electrons. The molecule has 31 heavy (non-hydrogen) atoms. The third kappa shape index (κ3) is 3.49. The van der Waals surface area contributed by atoms with Crippen LogP contribution in [0.15, 0.2) is 48.1 Å². The second-order valence-electron chi connectivity index (χ2n) is 9.36. The van der Waals surface area contributed by atoms with Gasteiger partial charge in [0.05, 0.1) is 5.71 Å². The number of allylic oxidation sites excluding steroid dienone is 1. The molecule has 1 atom stereocenters. The lowest BCUT2D eigenvalue weighted by atomic mass is 9.73. The number of pyridine rings is 1. The van der Waals surface area contributed by atoms with Crippen LogP contribution in [0.4, 0.5) is 11.6 Å². The first-order valence-corrected chi connectivity index (χ1v) is 11.2. The van der Waals surface area contributed by atoms with Gasteiger partial charge in [-0.05, 0) is 59.1 Å². The third-order valence-corrected chi connectivity index (χ3v) is 7.32. The minimum atomic E-state index is 0.134. The molecule has 5 rings (SSSR count). The lowest BCUT2D eigenvalue weighted by molar-refractivity contribution is 0.187. The summed E-state index contributed by atoms with van der Waals surface area (Å²) in [6, 6.07) is 13.1. The van der Waals surface area contributed by atoms with Crippen LogP contribution in [0.2, 0.25) is 0 Å². The molecule has 1 spiro atoms. The van der Waals surface area contributed by atoms with Crippen LogP contribution < -0.4 is 21.0 Å². The molecule has 0 saturated carbocycles. The Hall–Kier alpha value is -2.86. The Morgan fingerprint density at radius 1 is 1.23 bits per heavy atom. The molecule has 3 aliphatic rings. The number of rotatable bonds is 4. The van der Waals surface area contributed by atoms with Crippen molar-refractivity contribution in [2.75, 3.05) is 43.5 Å². The lowest BCUT2D eigenvalue weighted by Crippen LogP contribution is -2.44. The highest BCUT2D eigenvalue weighted by atomic mass is 15.3. The average Bonchev–Trinajstić information content (AvgIpc) is 3.41. The van der Waals surface area contributed by atoms with Crippen LogP contribution in [0, 0.1) is 5.41 Å². The maximum absolute atomic E-state index is 6.77. The van der Waals surface area contributed by atoms with E-state index in [9.17, 15) is 0 Å². The molecule has 6 nitrogen and oxygen atoms in total. The summed E-state index contributed by atoms with van der Waals surface area (Å²) >= 11 is 0. The number of benzene rings is 1. The third-order valence-electron chi connectivity index (χ3n) is 7.32. The number of hydrogen-bond donors (Lipinski definition) is 2. The van der Waals surface area contributed by atoms with E-state index in [4.69, 9.17) is 10.7 Å². The first kappa shape index (κ1) is 20.1. The Morgan fingerprint density at radius 2 is 2.00 bits per heavy atom. The van der Waals surface area contributed by atoms with Gasteiger partial charge in [0, 0.05) is 46.2 Å². The van der Waals surface area contributed by atoms with Crippen molar-refractivity contribution in [2.24, 2.45) is 16.3 Å². The maximum atomic E-state index is 6.77. The lowest BCUT2D eigenvalue weighted by Gasteiger charge is -2.42. The van der Waals surface area contributed by atoms with Crippen molar-refractivity contribution in [3.8, 4) is 0 Å². The zero-order chi connectivity index (χ0) is 21.6. The van der Waals surface area contributed by atoms with Crippen molar-refractivity contribution in [3.63, 3.8) is 0 Å².